The highest BCUT2D eigenvalue weighted by Gasteiger charge is 2.10. The van der Waals surface area contributed by atoms with E-state index in [2.05, 4.69) is 38.2 Å². The van der Waals surface area contributed by atoms with Gasteiger partial charge in [-0.15, -0.1) is 0 Å². The SMILES string of the molecule is CCCOc1ccc(C(C)NC(C)CCS(C)=O)cc1. The number of ether oxygens (including phenoxy) is 1. The fourth-order valence-corrected chi connectivity index (χ4v) is 2.71. The summed E-state index contributed by atoms with van der Waals surface area (Å²) in [5.74, 6) is 1.68. The highest BCUT2D eigenvalue weighted by atomic mass is 32.2. The minimum absolute atomic E-state index is 0.288. The monoisotopic (exact) mass is 297 g/mol. The molecule has 0 amide bonds. The molecule has 0 aromatic heterocycles. The Hall–Kier alpha value is -0.870. The van der Waals surface area contributed by atoms with Crippen LogP contribution in [-0.2, 0) is 10.8 Å². The summed E-state index contributed by atoms with van der Waals surface area (Å²) in [6.45, 7) is 7.16. The zero-order valence-corrected chi connectivity index (χ0v) is 13.8. The first kappa shape index (κ1) is 17.2. The van der Waals surface area contributed by atoms with Crippen molar-refractivity contribution < 1.29 is 8.95 Å². The molecule has 0 fully saturated rings. The Kier molecular flexibility index (Phi) is 7.85. The summed E-state index contributed by atoms with van der Waals surface area (Å²) in [6, 6.07) is 8.91. The second-order valence-corrected chi connectivity index (χ2v) is 6.83. The van der Waals surface area contributed by atoms with Crippen molar-refractivity contribution in [3.63, 3.8) is 0 Å². The van der Waals surface area contributed by atoms with Crippen LogP contribution in [0.5, 0.6) is 5.75 Å². The van der Waals surface area contributed by atoms with Crippen molar-refractivity contribution >= 4 is 10.8 Å². The van der Waals surface area contributed by atoms with E-state index in [0.717, 1.165) is 31.0 Å². The molecule has 1 aromatic carbocycles. The summed E-state index contributed by atoms with van der Waals surface area (Å²) in [6.07, 6.45) is 3.71. The molecule has 1 rings (SSSR count). The van der Waals surface area contributed by atoms with Crippen LogP contribution in [0, 0.1) is 0 Å². The van der Waals surface area contributed by atoms with Crippen molar-refractivity contribution in [2.75, 3.05) is 18.6 Å². The molecule has 0 spiro atoms. The highest BCUT2D eigenvalue weighted by molar-refractivity contribution is 7.84. The molecular formula is C16H27NO2S. The maximum atomic E-state index is 11.1. The Bertz CT molecular complexity index is 405. The normalized spacial score (nSPS) is 15.6. The van der Waals surface area contributed by atoms with Crippen LogP contribution in [0.2, 0.25) is 0 Å². The Labute approximate surface area is 125 Å². The van der Waals surface area contributed by atoms with E-state index >= 15 is 0 Å². The Balaban J connectivity index is 2.46. The Morgan fingerprint density at radius 3 is 2.45 bits per heavy atom. The molecule has 1 aromatic rings. The van der Waals surface area contributed by atoms with Gasteiger partial charge in [-0.05, 0) is 44.4 Å². The van der Waals surface area contributed by atoms with Crippen LogP contribution in [0.4, 0.5) is 0 Å². The third kappa shape index (κ3) is 6.53. The number of benzene rings is 1. The first-order valence-corrected chi connectivity index (χ1v) is 9.04. The van der Waals surface area contributed by atoms with E-state index < -0.39 is 10.8 Å². The van der Waals surface area contributed by atoms with Crippen molar-refractivity contribution in [3.8, 4) is 5.75 Å². The maximum absolute atomic E-state index is 11.1. The minimum Gasteiger partial charge on any atom is -0.494 e. The fourth-order valence-electron chi connectivity index (χ4n) is 2.02. The lowest BCUT2D eigenvalue weighted by atomic mass is 10.1. The predicted molar refractivity (Wildman–Crippen MR) is 86.8 cm³/mol. The van der Waals surface area contributed by atoms with E-state index in [1.54, 1.807) is 6.26 Å². The third-order valence-corrected chi connectivity index (χ3v) is 4.04. The molecule has 4 heteroatoms. The zero-order valence-electron chi connectivity index (χ0n) is 13.0. The van der Waals surface area contributed by atoms with Crippen molar-refractivity contribution in [1.82, 2.24) is 5.32 Å². The van der Waals surface area contributed by atoms with Gasteiger partial charge in [0.1, 0.15) is 5.75 Å². The van der Waals surface area contributed by atoms with Gasteiger partial charge in [-0.2, -0.15) is 0 Å². The maximum Gasteiger partial charge on any atom is 0.119 e. The van der Waals surface area contributed by atoms with E-state index in [-0.39, 0.29) is 6.04 Å². The van der Waals surface area contributed by atoms with Gasteiger partial charge in [0, 0.05) is 34.9 Å². The van der Waals surface area contributed by atoms with Crippen LogP contribution in [0.15, 0.2) is 24.3 Å². The van der Waals surface area contributed by atoms with Gasteiger partial charge in [-0.1, -0.05) is 19.1 Å². The lowest BCUT2D eigenvalue weighted by Gasteiger charge is -2.20. The number of nitrogens with one attached hydrogen (secondary N) is 1. The lowest BCUT2D eigenvalue weighted by Crippen LogP contribution is -2.30. The van der Waals surface area contributed by atoms with E-state index in [1.165, 1.54) is 5.56 Å². The van der Waals surface area contributed by atoms with Crippen molar-refractivity contribution in [2.45, 2.75) is 45.7 Å². The Morgan fingerprint density at radius 1 is 1.25 bits per heavy atom. The molecule has 0 aliphatic heterocycles. The van der Waals surface area contributed by atoms with Gasteiger partial charge >= 0.3 is 0 Å². The molecule has 3 unspecified atom stereocenters. The molecule has 114 valence electrons. The van der Waals surface area contributed by atoms with Crippen LogP contribution in [-0.4, -0.2) is 28.9 Å². The topological polar surface area (TPSA) is 38.3 Å². The smallest absolute Gasteiger partial charge is 0.119 e. The molecule has 0 saturated heterocycles. The second kappa shape index (κ2) is 9.14. The van der Waals surface area contributed by atoms with E-state index in [9.17, 15) is 4.21 Å². The van der Waals surface area contributed by atoms with Gasteiger partial charge in [0.25, 0.3) is 0 Å². The summed E-state index contributed by atoms with van der Waals surface area (Å²) in [5, 5.41) is 3.54. The standard InChI is InChI=1S/C16H27NO2S/c1-5-11-19-16-8-6-15(7-9-16)14(3)17-13(2)10-12-20(4)18/h6-9,13-14,17H,5,10-12H2,1-4H3. The van der Waals surface area contributed by atoms with Gasteiger partial charge < -0.3 is 10.1 Å². The van der Waals surface area contributed by atoms with Gasteiger partial charge in [-0.25, -0.2) is 0 Å². The molecule has 3 nitrogen and oxygen atoms in total. The van der Waals surface area contributed by atoms with Gasteiger partial charge in [0.2, 0.25) is 0 Å². The number of hydrogen-bond donors (Lipinski definition) is 1. The van der Waals surface area contributed by atoms with Crippen molar-refractivity contribution in [2.24, 2.45) is 0 Å². The molecule has 1 N–H and O–H groups in total. The van der Waals surface area contributed by atoms with E-state index in [4.69, 9.17) is 4.74 Å². The highest BCUT2D eigenvalue weighted by Crippen LogP contribution is 2.18. The molecule has 0 bridgehead atoms. The summed E-state index contributed by atoms with van der Waals surface area (Å²) in [7, 11) is -0.708. The molecule has 0 aliphatic carbocycles. The number of rotatable bonds is 9. The molecule has 0 heterocycles. The fraction of sp³-hybridized carbons (Fsp3) is 0.625. The average Bonchev–Trinajstić information content (AvgIpc) is 2.43. The molecule has 20 heavy (non-hydrogen) atoms. The Morgan fingerprint density at radius 2 is 1.90 bits per heavy atom. The minimum atomic E-state index is -0.708. The summed E-state index contributed by atoms with van der Waals surface area (Å²) in [4.78, 5) is 0. The quantitative estimate of drug-likeness (QED) is 0.760. The first-order valence-electron chi connectivity index (χ1n) is 7.31. The van der Waals surface area contributed by atoms with Crippen LogP contribution >= 0.6 is 0 Å². The van der Waals surface area contributed by atoms with Gasteiger partial charge in [-0.3, -0.25) is 4.21 Å². The third-order valence-electron chi connectivity index (χ3n) is 3.23. The summed E-state index contributed by atoms with van der Waals surface area (Å²) in [5.41, 5.74) is 1.25. The van der Waals surface area contributed by atoms with Gasteiger partial charge in [0.05, 0.1) is 6.61 Å². The van der Waals surface area contributed by atoms with Crippen molar-refractivity contribution in [3.05, 3.63) is 29.8 Å². The first-order chi connectivity index (χ1) is 9.52. The largest absolute Gasteiger partial charge is 0.494 e. The predicted octanol–water partition coefficient (Wildman–Crippen LogP) is 3.28. The lowest BCUT2D eigenvalue weighted by molar-refractivity contribution is 0.317. The molecule has 0 saturated carbocycles. The molecule has 0 aliphatic rings. The average molecular weight is 297 g/mol. The van der Waals surface area contributed by atoms with Crippen LogP contribution in [0.25, 0.3) is 0 Å². The molecular weight excluding hydrogens is 270 g/mol. The zero-order chi connectivity index (χ0) is 15.0. The van der Waals surface area contributed by atoms with E-state index in [1.807, 2.05) is 12.1 Å². The molecule has 0 radical (unpaired) electrons. The second-order valence-electron chi connectivity index (χ2n) is 5.27. The van der Waals surface area contributed by atoms with Crippen molar-refractivity contribution in [1.29, 1.82) is 0 Å². The summed E-state index contributed by atoms with van der Waals surface area (Å²) < 4.78 is 16.7. The van der Waals surface area contributed by atoms with Gasteiger partial charge in [0.15, 0.2) is 0 Å². The van der Waals surface area contributed by atoms with Crippen LogP contribution in [0.1, 0.15) is 45.2 Å². The molecule has 3 atom stereocenters. The summed E-state index contributed by atoms with van der Waals surface area (Å²) >= 11 is 0. The van der Waals surface area contributed by atoms with Crippen LogP contribution < -0.4 is 10.1 Å². The van der Waals surface area contributed by atoms with Crippen LogP contribution in [0.3, 0.4) is 0 Å². The van der Waals surface area contributed by atoms with E-state index in [0.29, 0.717) is 6.04 Å². The number of hydrogen-bond acceptors (Lipinski definition) is 3.